The summed E-state index contributed by atoms with van der Waals surface area (Å²) in [5, 5.41) is 3.58. The highest BCUT2D eigenvalue weighted by molar-refractivity contribution is 6.30. The van der Waals surface area contributed by atoms with Gasteiger partial charge in [0, 0.05) is 11.6 Å². The van der Waals surface area contributed by atoms with Gasteiger partial charge in [0.2, 0.25) is 0 Å². The topological polar surface area (TPSA) is 57.1 Å². The van der Waals surface area contributed by atoms with Crippen molar-refractivity contribution in [1.82, 2.24) is 15.1 Å². The van der Waals surface area contributed by atoms with Gasteiger partial charge in [0.25, 0.3) is 5.91 Å². The Balaban J connectivity index is 1.59. The molecule has 0 radical (unpaired) electrons. The number of benzene rings is 1. The summed E-state index contributed by atoms with van der Waals surface area (Å²) >= 11 is 6.17. The van der Waals surface area contributed by atoms with E-state index in [1.807, 2.05) is 23.1 Å². The van der Waals surface area contributed by atoms with Gasteiger partial charge in [-0.3, -0.25) is 9.69 Å². The maximum absolute atomic E-state index is 13.4. The van der Waals surface area contributed by atoms with Gasteiger partial charge in [0.05, 0.1) is 50.0 Å². The molecule has 0 bridgehead atoms. The first-order valence-electron chi connectivity index (χ1n) is 10.4. The zero-order valence-electron chi connectivity index (χ0n) is 16.6. The van der Waals surface area contributed by atoms with Gasteiger partial charge >= 0.3 is 6.03 Å². The van der Waals surface area contributed by atoms with Crippen molar-refractivity contribution >= 4 is 23.5 Å². The van der Waals surface area contributed by atoms with Gasteiger partial charge in [-0.05, 0) is 37.0 Å². The number of urea groups is 1. The maximum atomic E-state index is 13.4. The fraction of sp³-hybridized carbons (Fsp3) is 0.455. The van der Waals surface area contributed by atoms with Crippen molar-refractivity contribution in [2.75, 3.05) is 39.3 Å². The molecule has 2 N–H and O–H groups in total. The highest BCUT2D eigenvalue weighted by Crippen LogP contribution is 2.36. The second kappa shape index (κ2) is 8.59. The lowest BCUT2D eigenvalue weighted by molar-refractivity contribution is -0.904. The molecule has 1 aromatic carbocycles. The van der Waals surface area contributed by atoms with E-state index in [0.717, 1.165) is 17.8 Å². The number of piperidine rings is 1. The first kappa shape index (κ1) is 20.0. The number of nitrogens with one attached hydrogen (secondary N) is 2. The first-order chi connectivity index (χ1) is 14.1. The van der Waals surface area contributed by atoms with Crippen molar-refractivity contribution in [2.45, 2.75) is 25.3 Å². The molecule has 0 aliphatic carbocycles. The third kappa shape index (κ3) is 4.05. The molecule has 1 saturated heterocycles. The molecular formula is C22H28ClN4O2+. The van der Waals surface area contributed by atoms with Crippen molar-refractivity contribution in [1.29, 1.82) is 0 Å². The van der Waals surface area contributed by atoms with E-state index in [1.54, 1.807) is 21.9 Å². The molecule has 4 rings (SSSR count). The van der Waals surface area contributed by atoms with Crippen LogP contribution < -0.4 is 10.2 Å². The zero-order chi connectivity index (χ0) is 20.4. The average Bonchev–Trinajstić information content (AvgIpc) is 3.05. The van der Waals surface area contributed by atoms with Crippen LogP contribution in [0.25, 0.3) is 0 Å². The fourth-order valence-electron chi connectivity index (χ4n) is 4.58. The van der Waals surface area contributed by atoms with E-state index in [9.17, 15) is 9.59 Å². The Morgan fingerprint density at radius 2 is 2.03 bits per heavy atom. The van der Waals surface area contributed by atoms with Gasteiger partial charge in [0.15, 0.2) is 0 Å². The van der Waals surface area contributed by atoms with Crippen molar-refractivity contribution in [3.8, 4) is 0 Å². The van der Waals surface area contributed by atoms with Crippen LogP contribution in [0.3, 0.4) is 0 Å². The standard InChI is InChI=1S/C22H27ClN4O2/c1-2-9-27-18-15-26(13-12-25-10-4-3-5-11-25)21(28)19(18)20(24-22(27)29)16-7-6-8-17(23)14-16/h2,6-8,14,20H,1,3-5,9-13,15H2,(H,24,29)/p+1/t20-/m0/s1. The molecule has 3 aliphatic rings. The van der Waals surface area contributed by atoms with Gasteiger partial charge in [-0.15, -0.1) is 6.58 Å². The molecule has 1 fully saturated rings. The summed E-state index contributed by atoms with van der Waals surface area (Å²) in [6.07, 6.45) is 5.53. The van der Waals surface area contributed by atoms with Crippen molar-refractivity contribution in [3.63, 3.8) is 0 Å². The number of carbonyl (C=O) groups is 2. The van der Waals surface area contributed by atoms with Crippen LogP contribution in [-0.4, -0.2) is 61.0 Å². The minimum atomic E-state index is -0.475. The normalized spacial score (nSPS) is 22.7. The smallest absolute Gasteiger partial charge is 0.322 e. The molecule has 0 aromatic heterocycles. The van der Waals surface area contributed by atoms with Gasteiger partial charge in [-0.25, -0.2) is 4.79 Å². The monoisotopic (exact) mass is 415 g/mol. The number of hydrogen-bond donors (Lipinski definition) is 2. The molecule has 0 unspecified atom stereocenters. The quantitative estimate of drug-likeness (QED) is 0.695. The van der Waals surface area contributed by atoms with Crippen LogP contribution in [-0.2, 0) is 4.79 Å². The number of quaternary nitrogens is 1. The summed E-state index contributed by atoms with van der Waals surface area (Å²) in [6, 6.07) is 6.67. The van der Waals surface area contributed by atoms with E-state index in [1.165, 1.54) is 32.4 Å². The third-order valence-electron chi connectivity index (χ3n) is 6.09. The first-order valence-corrected chi connectivity index (χ1v) is 10.8. The second-order valence-electron chi connectivity index (χ2n) is 7.98. The van der Waals surface area contributed by atoms with Crippen LogP contribution in [0.2, 0.25) is 5.02 Å². The zero-order valence-corrected chi connectivity index (χ0v) is 17.4. The summed E-state index contributed by atoms with van der Waals surface area (Å²) in [4.78, 5) is 31.2. The van der Waals surface area contributed by atoms with E-state index >= 15 is 0 Å². The van der Waals surface area contributed by atoms with E-state index < -0.39 is 6.04 Å². The molecule has 154 valence electrons. The summed E-state index contributed by atoms with van der Waals surface area (Å²) in [6.45, 7) is 8.65. The highest BCUT2D eigenvalue weighted by atomic mass is 35.5. The SMILES string of the molecule is C=CCN1C(=O)N[C@@H](c2cccc(Cl)c2)C2=C1CN(CC[NH+]1CCCCC1)C2=O. The molecule has 0 saturated carbocycles. The van der Waals surface area contributed by atoms with Crippen molar-refractivity contribution < 1.29 is 14.5 Å². The lowest BCUT2D eigenvalue weighted by Gasteiger charge is -2.33. The molecule has 3 aliphatic heterocycles. The molecular weight excluding hydrogens is 388 g/mol. The van der Waals surface area contributed by atoms with E-state index in [4.69, 9.17) is 11.6 Å². The molecule has 7 heteroatoms. The summed E-state index contributed by atoms with van der Waals surface area (Å²) < 4.78 is 0. The van der Waals surface area contributed by atoms with Gasteiger partial charge in [-0.1, -0.05) is 29.8 Å². The molecule has 6 nitrogen and oxygen atoms in total. The van der Waals surface area contributed by atoms with E-state index in [0.29, 0.717) is 30.2 Å². The van der Waals surface area contributed by atoms with Crippen LogP contribution in [0, 0.1) is 0 Å². The Labute approximate surface area is 176 Å². The molecule has 1 aromatic rings. The Kier molecular flexibility index (Phi) is 5.92. The summed E-state index contributed by atoms with van der Waals surface area (Å²) in [5.41, 5.74) is 2.27. The van der Waals surface area contributed by atoms with E-state index in [-0.39, 0.29) is 11.9 Å². The molecule has 29 heavy (non-hydrogen) atoms. The number of amides is 3. The highest BCUT2D eigenvalue weighted by Gasteiger charge is 2.43. The predicted octanol–water partition coefficient (Wildman–Crippen LogP) is 1.76. The summed E-state index contributed by atoms with van der Waals surface area (Å²) in [5.74, 6) is 0.00967. The van der Waals surface area contributed by atoms with Gasteiger partial charge in [0.1, 0.15) is 0 Å². The minimum absolute atomic E-state index is 0.00967. The lowest BCUT2D eigenvalue weighted by atomic mass is 9.95. The Morgan fingerprint density at radius 1 is 1.24 bits per heavy atom. The molecule has 3 heterocycles. The van der Waals surface area contributed by atoms with Crippen molar-refractivity contribution in [3.05, 3.63) is 58.8 Å². The Morgan fingerprint density at radius 3 is 2.76 bits per heavy atom. The summed E-state index contributed by atoms with van der Waals surface area (Å²) in [7, 11) is 0. The van der Waals surface area contributed by atoms with Crippen LogP contribution in [0.15, 0.2) is 48.2 Å². The molecule has 0 spiro atoms. The predicted molar refractivity (Wildman–Crippen MR) is 113 cm³/mol. The third-order valence-corrected chi connectivity index (χ3v) is 6.32. The number of rotatable bonds is 6. The van der Waals surface area contributed by atoms with Crippen LogP contribution >= 0.6 is 11.6 Å². The van der Waals surface area contributed by atoms with Gasteiger partial charge < -0.3 is 15.1 Å². The largest absolute Gasteiger partial charge is 0.333 e. The molecule has 3 amide bonds. The van der Waals surface area contributed by atoms with Crippen molar-refractivity contribution in [2.24, 2.45) is 0 Å². The number of halogens is 1. The van der Waals surface area contributed by atoms with Crippen LogP contribution in [0.4, 0.5) is 4.79 Å². The maximum Gasteiger partial charge on any atom is 0.322 e. The van der Waals surface area contributed by atoms with Crippen LogP contribution in [0.1, 0.15) is 30.9 Å². The second-order valence-corrected chi connectivity index (χ2v) is 8.42. The number of likely N-dealkylation sites (tertiary alicyclic amines) is 1. The lowest BCUT2D eigenvalue weighted by Crippen LogP contribution is -3.13. The Hall–Kier alpha value is -2.31. The minimum Gasteiger partial charge on any atom is -0.333 e. The van der Waals surface area contributed by atoms with Crippen LogP contribution in [0.5, 0.6) is 0 Å². The molecule has 1 atom stereocenters. The number of carbonyl (C=O) groups excluding carboxylic acids is 2. The number of hydrogen-bond acceptors (Lipinski definition) is 2. The number of nitrogens with zero attached hydrogens (tertiary/aromatic N) is 2. The van der Waals surface area contributed by atoms with E-state index in [2.05, 4.69) is 11.9 Å². The average molecular weight is 416 g/mol. The fourth-order valence-corrected chi connectivity index (χ4v) is 4.78. The Bertz CT molecular complexity index is 847. The van der Waals surface area contributed by atoms with Gasteiger partial charge in [-0.2, -0.15) is 0 Å².